The summed E-state index contributed by atoms with van der Waals surface area (Å²) >= 11 is 0. The monoisotopic (exact) mass is 401 g/mol. The van der Waals surface area contributed by atoms with Gasteiger partial charge in [0.25, 0.3) is 0 Å². The maximum atomic E-state index is 12.6. The fourth-order valence-corrected chi connectivity index (χ4v) is 2.32. The predicted molar refractivity (Wildman–Crippen MR) is 105 cm³/mol. The molecule has 0 fully saturated rings. The summed E-state index contributed by atoms with van der Waals surface area (Å²) in [6.45, 7) is 13.7. The number of alkyl carbamates (subject to hydrolysis) is 1. The van der Waals surface area contributed by atoms with E-state index >= 15 is 0 Å². The first-order valence-corrected chi connectivity index (χ1v) is 9.47. The maximum absolute atomic E-state index is 12.6. The van der Waals surface area contributed by atoms with E-state index in [1.165, 1.54) is 6.92 Å². The third kappa shape index (κ3) is 10.1. The molecule has 0 aromatic heterocycles. The average Bonchev–Trinajstić information content (AvgIpc) is 2.48. The van der Waals surface area contributed by atoms with E-state index in [4.69, 9.17) is 4.74 Å². The minimum absolute atomic E-state index is 0.104. The van der Waals surface area contributed by atoms with Gasteiger partial charge in [0.15, 0.2) is 0 Å². The highest BCUT2D eigenvalue weighted by Crippen LogP contribution is 2.10. The summed E-state index contributed by atoms with van der Waals surface area (Å²) in [6, 6.07) is -2.91. The highest BCUT2D eigenvalue weighted by molar-refractivity contribution is 5.92. The van der Waals surface area contributed by atoms with E-state index in [-0.39, 0.29) is 11.8 Å². The molecular formula is C19H35N3O6. The van der Waals surface area contributed by atoms with Gasteiger partial charge in [0.1, 0.15) is 23.7 Å². The van der Waals surface area contributed by atoms with Crippen molar-refractivity contribution in [3.8, 4) is 0 Å². The van der Waals surface area contributed by atoms with Crippen LogP contribution in [0.3, 0.4) is 0 Å². The van der Waals surface area contributed by atoms with Gasteiger partial charge in [0.05, 0.1) is 0 Å². The van der Waals surface area contributed by atoms with E-state index in [2.05, 4.69) is 16.0 Å². The normalized spacial score (nSPS) is 14.8. The molecule has 0 heterocycles. The van der Waals surface area contributed by atoms with Crippen LogP contribution in [0, 0.1) is 11.8 Å². The standard InChI is InChI=1S/C19H35N3O6/c1-10(2)9-13(21-18(27)28-19(6,7)8)16(24)20-12(5)15(23)22-14(11(3)4)17(25)26/h10-14H,9H2,1-8H3,(H,20,24)(H,21,27)(H,22,23)(H,25,26)/t12-,13-,14-/m0/s1. The summed E-state index contributed by atoms with van der Waals surface area (Å²) in [7, 11) is 0. The third-order valence-corrected chi connectivity index (χ3v) is 3.70. The van der Waals surface area contributed by atoms with Gasteiger partial charge >= 0.3 is 12.1 Å². The van der Waals surface area contributed by atoms with Crippen molar-refractivity contribution < 1.29 is 29.0 Å². The SMILES string of the molecule is CC(C)C[C@H](NC(=O)OC(C)(C)C)C(=O)N[C@@H](C)C(=O)N[C@H](C(=O)O)C(C)C. The second kappa shape index (κ2) is 10.9. The number of aliphatic carboxylic acids is 1. The molecule has 4 N–H and O–H groups in total. The lowest BCUT2D eigenvalue weighted by atomic mass is 10.0. The first-order chi connectivity index (χ1) is 12.6. The highest BCUT2D eigenvalue weighted by Gasteiger charge is 2.29. The number of carboxylic acid groups (broad SMARTS) is 1. The number of hydrogen-bond acceptors (Lipinski definition) is 5. The van der Waals surface area contributed by atoms with Gasteiger partial charge in [-0.1, -0.05) is 27.7 Å². The summed E-state index contributed by atoms with van der Waals surface area (Å²) in [5.74, 6) is -2.51. The summed E-state index contributed by atoms with van der Waals surface area (Å²) < 4.78 is 5.18. The molecule has 0 bridgehead atoms. The Hall–Kier alpha value is -2.32. The fraction of sp³-hybridized carbons (Fsp3) is 0.789. The molecular weight excluding hydrogens is 366 g/mol. The minimum Gasteiger partial charge on any atom is -0.480 e. The Labute approximate surface area is 167 Å². The van der Waals surface area contributed by atoms with Crippen molar-refractivity contribution in [3.05, 3.63) is 0 Å². The molecule has 3 atom stereocenters. The third-order valence-electron chi connectivity index (χ3n) is 3.70. The van der Waals surface area contributed by atoms with Crippen LogP contribution in [0.5, 0.6) is 0 Å². The summed E-state index contributed by atoms with van der Waals surface area (Å²) in [5, 5.41) is 16.6. The summed E-state index contributed by atoms with van der Waals surface area (Å²) in [5.41, 5.74) is -0.710. The number of carbonyl (C=O) groups is 4. The number of nitrogens with one attached hydrogen (secondary N) is 3. The number of ether oxygens (including phenoxy) is 1. The van der Waals surface area contributed by atoms with Crippen molar-refractivity contribution in [2.45, 2.75) is 85.5 Å². The Morgan fingerprint density at radius 2 is 1.43 bits per heavy atom. The molecule has 0 aliphatic rings. The lowest BCUT2D eigenvalue weighted by molar-refractivity contribution is -0.143. The average molecular weight is 402 g/mol. The Morgan fingerprint density at radius 1 is 0.893 bits per heavy atom. The van der Waals surface area contributed by atoms with Gasteiger partial charge in [-0.3, -0.25) is 9.59 Å². The predicted octanol–water partition coefficient (Wildman–Crippen LogP) is 1.66. The molecule has 0 aromatic rings. The first-order valence-electron chi connectivity index (χ1n) is 9.47. The molecule has 0 rings (SSSR count). The van der Waals surface area contributed by atoms with Crippen molar-refractivity contribution in [2.75, 3.05) is 0 Å². The number of hydrogen-bond donors (Lipinski definition) is 4. The Morgan fingerprint density at radius 3 is 1.82 bits per heavy atom. The van der Waals surface area contributed by atoms with E-state index in [1.54, 1.807) is 34.6 Å². The number of carboxylic acids is 1. The Bertz CT molecular complexity index is 569. The van der Waals surface area contributed by atoms with Gasteiger partial charge in [0, 0.05) is 0 Å². The quantitative estimate of drug-likeness (QED) is 0.464. The zero-order valence-electron chi connectivity index (χ0n) is 18.1. The zero-order chi connectivity index (χ0) is 22.2. The van der Waals surface area contributed by atoms with Crippen molar-refractivity contribution in [1.82, 2.24) is 16.0 Å². The molecule has 9 nitrogen and oxygen atoms in total. The summed E-state index contributed by atoms with van der Waals surface area (Å²) in [6.07, 6.45) is -0.375. The Balaban J connectivity index is 5.02. The molecule has 162 valence electrons. The van der Waals surface area contributed by atoms with Crippen LogP contribution in [0.4, 0.5) is 4.79 Å². The molecule has 0 unspecified atom stereocenters. The van der Waals surface area contributed by atoms with Gasteiger partial charge in [-0.05, 0) is 46.0 Å². The van der Waals surface area contributed by atoms with E-state index < -0.39 is 47.6 Å². The van der Waals surface area contributed by atoms with Crippen LogP contribution < -0.4 is 16.0 Å². The lowest BCUT2D eigenvalue weighted by Crippen LogP contribution is -2.56. The fourth-order valence-electron chi connectivity index (χ4n) is 2.32. The summed E-state index contributed by atoms with van der Waals surface area (Å²) in [4.78, 5) is 48.1. The van der Waals surface area contributed by atoms with Crippen LogP contribution in [0.2, 0.25) is 0 Å². The number of rotatable bonds is 9. The minimum atomic E-state index is -1.15. The van der Waals surface area contributed by atoms with Crippen LogP contribution in [0.25, 0.3) is 0 Å². The van der Waals surface area contributed by atoms with Gasteiger partial charge in [0.2, 0.25) is 11.8 Å². The molecule has 0 aliphatic heterocycles. The first kappa shape index (κ1) is 25.7. The van der Waals surface area contributed by atoms with Gasteiger partial charge in [-0.15, -0.1) is 0 Å². The van der Waals surface area contributed by atoms with Crippen molar-refractivity contribution in [1.29, 1.82) is 0 Å². The van der Waals surface area contributed by atoms with Gasteiger partial charge in [-0.2, -0.15) is 0 Å². The second-order valence-corrected chi connectivity index (χ2v) is 8.63. The van der Waals surface area contributed by atoms with Gasteiger partial charge < -0.3 is 25.8 Å². The van der Waals surface area contributed by atoms with Crippen molar-refractivity contribution >= 4 is 23.9 Å². The molecule has 0 spiro atoms. The van der Waals surface area contributed by atoms with Crippen molar-refractivity contribution in [2.24, 2.45) is 11.8 Å². The molecule has 0 radical (unpaired) electrons. The molecule has 9 heteroatoms. The molecule has 0 saturated carbocycles. The molecule has 3 amide bonds. The molecule has 0 aromatic carbocycles. The maximum Gasteiger partial charge on any atom is 0.408 e. The largest absolute Gasteiger partial charge is 0.480 e. The van der Waals surface area contributed by atoms with E-state index in [1.807, 2.05) is 13.8 Å². The second-order valence-electron chi connectivity index (χ2n) is 8.63. The smallest absolute Gasteiger partial charge is 0.408 e. The van der Waals surface area contributed by atoms with Crippen molar-refractivity contribution in [3.63, 3.8) is 0 Å². The molecule has 0 aliphatic carbocycles. The number of amides is 3. The highest BCUT2D eigenvalue weighted by atomic mass is 16.6. The number of carbonyl (C=O) groups excluding carboxylic acids is 3. The van der Waals surface area contributed by atoms with Crippen LogP contribution in [-0.4, -0.2) is 52.7 Å². The molecule has 28 heavy (non-hydrogen) atoms. The zero-order valence-corrected chi connectivity index (χ0v) is 18.1. The topological polar surface area (TPSA) is 134 Å². The van der Waals surface area contributed by atoms with Crippen LogP contribution in [-0.2, 0) is 19.1 Å². The van der Waals surface area contributed by atoms with Gasteiger partial charge in [-0.25, -0.2) is 9.59 Å². The van der Waals surface area contributed by atoms with E-state index in [0.29, 0.717) is 6.42 Å². The Kier molecular flexibility index (Phi) is 9.97. The molecule has 0 saturated heterocycles. The van der Waals surface area contributed by atoms with Crippen LogP contribution in [0.15, 0.2) is 0 Å². The van der Waals surface area contributed by atoms with Crippen LogP contribution >= 0.6 is 0 Å². The van der Waals surface area contributed by atoms with E-state index in [0.717, 1.165) is 0 Å². The van der Waals surface area contributed by atoms with E-state index in [9.17, 15) is 24.3 Å². The van der Waals surface area contributed by atoms with Crippen LogP contribution in [0.1, 0.15) is 61.8 Å². The lowest BCUT2D eigenvalue weighted by Gasteiger charge is -2.26.